The Morgan fingerprint density at radius 1 is 1.47 bits per heavy atom. The van der Waals surface area contributed by atoms with Crippen LogP contribution in [-0.2, 0) is 4.74 Å². The van der Waals surface area contributed by atoms with E-state index < -0.39 is 0 Å². The first-order valence-corrected chi connectivity index (χ1v) is 6.89. The SMILES string of the molecule is CC(NC(=O)c1cc(N)ccc1Cl)C1CCOCC1. The van der Waals surface area contributed by atoms with Gasteiger partial charge in [-0.25, -0.2) is 0 Å². The van der Waals surface area contributed by atoms with Crippen molar-refractivity contribution in [3.05, 3.63) is 28.8 Å². The van der Waals surface area contributed by atoms with Crippen molar-refractivity contribution in [2.75, 3.05) is 18.9 Å². The normalized spacial score (nSPS) is 18.0. The molecular formula is C14H19ClN2O2. The highest BCUT2D eigenvalue weighted by atomic mass is 35.5. The molecule has 1 atom stereocenters. The highest BCUT2D eigenvalue weighted by Crippen LogP contribution is 2.21. The number of amides is 1. The maximum atomic E-state index is 12.2. The van der Waals surface area contributed by atoms with Crippen molar-refractivity contribution in [3.63, 3.8) is 0 Å². The molecule has 4 nitrogen and oxygen atoms in total. The average molecular weight is 283 g/mol. The van der Waals surface area contributed by atoms with Crippen LogP contribution in [-0.4, -0.2) is 25.2 Å². The molecule has 1 aromatic carbocycles. The summed E-state index contributed by atoms with van der Waals surface area (Å²) in [7, 11) is 0. The molecule has 1 aliphatic rings. The molecule has 1 saturated heterocycles. The molecule has 2 rings (SSSR count). The highest BCUT2D eigenvalue weighted by Gasteiger charge is 2.23. The molecule has 1 heterocycles. The first-order valence-electron chi connectivity index (χ1n) is 6.51. The molecule has 0 radical (unpaired) electrons. The smallest absolute Gasteiger partial charge is 0.253 e. The highest BCUT2D eigenvalue weighted by molar-refractivity contribution is 6.34. The molecule has 0 aliphatic carbocycles. The minimum atomic E-state index is -0.170. The second-order valence-electron chi connectivity index (χ2n) is 4.95. The fraction of sp³-hybridized carbons (Fsp3) is 0.500. The zero-order valence-electron chi connectivity index (χ0n) is 11.0. The van der Waals surface area contributed by atoms with Crippen molar-refractivity contribution < 1.29 is 9.53 Å². The van der Waals surface area contributed by atoms with Gasteiger partial charge in [0, 0.05) is 24.9 Å². The van der Waals surface area contributed by atoms with E-state index in [4.69, 9.17) is 22.1 Å². The monoisotopic (exact) mass is 282 g/mol. The van der Waals surface area contributed by atoms with Crippen LogP contribution in [0.4, 0.5) is 5.69 Å². The number of halogens is 1. The molecule has 1 aromatic rings. The van der Waals surface area contributed by atoms with Crippen molar-refractivity contribution in [1.82, 2.24) is 5.32 Å². The largest absolute Gasteiger partial charge is 0.399 e. The minimum Gasteiger partial charge on any atom is -0.399 e. The summed E-state index contributed by atoms with van der Waals surface area (Å²) in [5.41, 5.74) is 6.65. The second-order valence-corrected chi connectivity index (χ2v) is 5.36. The van der Waals surface area contributed by atoms with Crippen LogP contribution in [0.5, 0.6) is 0 Å². The first-order chi connectivity index (χ1) is 9.08. The molecule has 1 amide bonds. The van der Waals surface area contributed by atoms with Gasteiger partial charge in [-0.2, -0.15) is 0 Å². The number of carbonyl (C=O) groups excluding carboxylic acids is 1. The van der Waals surface area contributed by atoms with Crippen molar-refractivity contribution >= 4 is 23.2 Å². The third-order valence-electron chi connectivity index (χ3n) is 3.57. The number of benzene rings is 1. The summed E-state index contributed by atoms with van der Waals surface area (Å²) in [5.74, 6) is 0.286. The Morgan fingerprint density at radius 2 is 2.16 bits per heavy atom. The van der Waals surface area contributed by atoms with E-state index in [0.717, 1.165) is 26.1 Å². The molecule has 1 fully saturated rings. The van der Waals surface area contributed by atoms with E-state index in [1.165, 1.54) is 0 Å². The lowest BCUT2D eigenvalue weighted by Gasteiger charge is -2.28. The van der Waals surface area contributed by atoms with Crippen LogP contribution in [0.3, 0.4) is 0 Å². The number of anilines is 1. The minimum absolute atomic E-state index is 0.105. The predicted octanol–water partition coefficient (Wildman–Crippen LogP) is 2.47. The summed E-state index contributed by atoms with van der Waals surface area (Å²) in [6, 6.07) is 5.04. The quantitative estimate of drug-likeness (QED) is 0.837. The maximum Gasteiger partial charge on any atom is 0.253 e. The van der Waals surface area contributed by atoms with Crippen LogP contribution in [0.15, 0.2) is 18.2 Å². The Labute approximate surface area is 118 Å². The first kappa shape index (κ1) is 14.2. The van der Waals surface area contributed by atoms with Gasteiger partial charge in [0.15, 0.2) is 0 Å². The van der Waals surface area contributed by atoms with Crippen LogP contribution in [0.1, 0.15) is 30.1 Å². The van der Waals surface area contributed by atoms with Gasteiger partial charge in [0.25, 0.3) is 5.91 Å². The second kappa shape index (κ2) is 6.26. The number of ether oxygens (including phenoxy) is 1. The van der Waals surface area contributed by atoms with Gasteiger partial charge in [-0.15, -0.1) is 0 Å². The number of nitrogen functional groups attached to an aromatic ring is 1. The van der Waals surface area contributed by atoms with Gasteiger partial charge in [-0.05, 0) is 43.9 Å². The standard InChI is InChI=1S/C14H19ClN2O2/c1-9(10-4-6-19-7-5-10)17-14(18)12-8-11(16)2-3-13(12)15/h2-3,8-10H,4-7,16H2,1H3,(H,17,18). The van der Waals surface area contributed by atoms with E-state index in [0.29, 0.717) is 22.2 Å². The number of nitrogens with two attached hydrogens (primary N) is 1. The van der Waals surface area contributed by atoms with Crippen molar-refractivity contribution in [1.29, 1.82) is 0 Å². The lowest BCUT2D eigenvalue weighted by atomic mass is 9.93. The summed E-state index contributed by atoms with van der Waals surface area (Å²) in [5, 5.41) is 3.42. The number of hydrogen-bond acceptors (Lipinski definition) is 3. The van der Waals surface area contributed by atoms with Crippen LogP contribution in [0.2, 0.25) is 5.02 Å². The zero-order chi connectivity index (χ0) is 13.8. The third kappa shape index (κ3) is 3.61. The van der Waals surface area contributed by atoms with Gasteiger partial charge in [0.2, 0.25) is 0 Å². The summed E-state index contributed by atoms with van der Waals surface area (Å²) in [6.45, 7) is 3.56. The van der Waals surface area contributed by atoms with Gasteiger partial charge in [-0.1, -0.05) is 11.6 Å². The summed E-state index contributed by atoms with van der Waals surface area (Å²) < 4.78 is 5.32. The molecule has 3 N–H and O–H groups in total. The topological polar surface area (TPSA) is 64.4 Å². The fourth-order valence-corrected chi connectivity index (χ4v) is 2.54. The number of rotatable bonds is 3. The van der Waals surface area contributed by atoms with Crippen LogP contribution >= 0.6 is 11.6 Å². The molecule has 104 valence electrons. The zero-order valence-corrected chi connectivity index (χ0v) is 11.7. The Kier molecular flexibility index (Phi) is 4.66. The lowest BCUT2D eigenvalue weighted by molar-refractivity contribution is 0.0538. The summed E-state index contributed by atoms with van der Waals surface area (Å²) in [4.78, 5) is 12.2. The molecule has 1 aliphatic heterocycles. The summed E-state index contributed by atoms with van der Waals surface area (Å²) in [6.07, 6.45) is 1.96. The Morgan fingerprint density at radius 3 is 2.84 bits per heavy atom. The van der Waals surface area contributed by atoms with Crippen LogP contribution < -0.4 is 11.1 Å². The van der Waals surface area contributed by atoms with Crippen LogP contribution in [0, 0.1) is 5.92 Å². The molecule has 0 bridgehead atoms. The predicted molar refractivity (Wildman–Crippen MR) is 76.3 cm³/mol. The Hall–Kier alpha value is -1.26. The molecule has 0 aromatic heterocycles. The molecule has 0 spiro atoms. The van der Waals surface area contributed by atoms with E-state index in [9.17, 15) is 4.79 Å². The average Bonchev–Trinajstić information content (AvgIpc) is 2.42. The Bertz CT molecular complexity index is 459. The Balaban J connectivity index is 2.01. The van der Waals surface area contributed by atoms with Crippen molar-refractivity contribution in [2.24, 2.45) is 5.92 Å². The van der Waals surface area contributed by atoms with Crippen molar-refractivity contribution in [2.45, 2.75) is 25.8 Å². The van der Waals surface area contributed by atoms with E-state index in [2.05, 4.69) is 5.32 Å². The van der Waals surface area contributed by atoms with E-state index in [1.54, 1.807) is 18.2 Å². The molecule has 19 heavy (non-hydrogen) atoms. The van der Waals surface area contributed by atoms with Gasteiger partial charge in [-0.3, -0.25) is 4.79 Å². The van der Waals surface area contributed by atoms with E-state index in [-0.39, 0.29) is 11.9 Å². The van der Waals surface area contributed by atoms with Gasteiger partial charge < -0.3 is 15.8 Å². The number of hydrogen-bond donors (Lipinski definition) is 2. The fourth-order valence-electron chi connectivity index (χ4n) is 2.34. The third-order valence-corrected chi connectivity index (χ3v) is 3.90. The van der Waals surface area contributed by atoms with Gasteiger partial charge >= 0.3 is 0 Å². The van der Waals surface area contributed by atoms with E-state index >= 15 is 0 Å². The number of nitrogens with one attached hydrogen (secondary N) is 1. The van der Waals surface area contributed by atoms with Crippen molar-refractivity contribution in [3.8, 4) is 0 Å². The molecule has 1 unspecified atom stereocenters. The van der Waals surface area contributed by atoms with Crippen LogP contribution in [0.25, 0.3) is 0 Å². The maximum absolute atomic E-state index is 12.2. The lowest BCUT2D eigenvalue weighted by Crippen LogP contribution is -2.40. The summed E-state index contributed by atoms with van der Waals surface area (Å²) >= 11 is 6.02. The molecular weight excluding hydrogens is 264 g/mol. The number of carbonyl (C=O) groups is 1. The van der Waals surface area contributed by atoms with Gasteiger partial charge in [0.1, 0.15) is 0 Å². The molecule has 5 heteroatoms. The van der Waals surface area contributed by atoms with E-state index in [1.807, 2.05) is 6.92 Å². The van der Waals surface area contributed by atoms with Gasteiger partial charge in [0.05, 0.1) is 10.6 Å². The molecule has 0 saturated carbocycles.